The first kappa shape index (κ1) is 24.2. The second kappa shape index (κ2) is 11.4. The number of hydrogen-bond donors (Lipinski definition) is 1. The van der Waals surface area contributed by atoms with E-state index in [1.807, 2.05) is 39.0 Å². The number of benzene rings is 1. The summed E-state index contributed by atoms with van der Waals surface area (Å²) < 4.78 is 33.8. The van der Waals surface area contributed by atoms with Gasteiger partial charge in [-0.25, -0.2) is 23.1 Å². The van der Waals surface area contributed by atoms with E-state index in [0.717, 1.165) is 11.1 Å². The summed E-state index contributed by atoms with van der Waals surface area (Å²) in [6, 6.07) is 9.83. The van der Waals surface area contributed by atoms with Crippen LogP contribution in [0.5, 0.6) is 0 Å². The number of rotatable bonds is 10. The van der Waals surface area contributed by atoms with Gasteiger partial charge in [0.05, 0.1) is 19.8 Å². The molecule has 1 aromatic heterocycles. The average Bonchev–Trinajstić information content (AvgIpc) is 2.78. The Morgan fingerprint density at radius 2 is 1.97 bits per heavy atom. The van der Waals surface area contributed by atoms with E-state index in [0.29, 0.717) is 63.9 Å². The number of ether oxygens (including phenoxy) is 1. The molecule has 0 radical (unpaired) electrons. The highest BCUT2D eigenvalue weighted by atomic mass is 32.2. The molecule has 174 valence electrons. The second-order valence-corrected chi connectivity index (χ2v) is 9.71. The number of azo groups is 1. The summed E-state index contributed by atoms with van der Waals surface area (Å²) in [5.41, 5.74) is 2.21. The Labute approximate surface area is 190 Å². The second-order valence-electron chi connectivity index (χ2n) is 7.77. The van der Waals surface area contributed by atoms with Gasteiger partial charge in [0.25, 0.3) is 0 Å². The molecule has 10 heteroatoms. The van der Waals surface area contributed by atoms with Crippen LogP contribution < -0.4 is 9.62 Å². The first-order chi connectivity index (χ1) is 15.4. The van der Waals surface area contributed by atoms with Gasteiger partial charge < -0.3 is 9.64 Å². The lowest BCUT2D eigenvalue weighted by molar-refractivity contribution is 0.122. The van der Waals surface area contributed by atoms with Gasteiger partial charge in [-0.1, -0.05) is 43.7 Å². The third-order valence-corrected chi connectivity index (χ3v) is 7.05. The number of aryl methyl sites for hydroxylation is 1. The quantitative estimate of drug-likeness (QED) is 0.542. The number of sulfonamides is 1. The topological polar surface area (TPSA) is 109 Å². The SMILES string of the molecule is CCCNS(=O)(=O)C(CC)c1nc(N=NCc2cccc(C)c2)cc(N2CCOCC2)n1. The molecule has 0 saturated carbocycles. The third-order valence-electron chi connectivity index (χ3n) is 5.15. The van der Waals surface area contributed by atoms with E-state index in [9.17, 15) is 8.42 Å². The van der Waals surface area contributed by atoms with Crippen molar-refractivity contribution >= 4 is 21.7 Å². The summed E-state index contributed by atoms with van der Waals surface area (Å²) in [5.74, 6) is 1.24. The molecule has 2 aromatic rings. The highest BCUT2D eigenvalue weighted by molar-refractivity contribution is 7.89. The fourth-order valence-electron chi connectivity index (χ4n) is 3.48. The van der Waals surface area contributed by atoms with Gasteiger partial charge in [-0.3, -0.25) is 0 Å². The van der Waals surface area contributed by atoms with Crippen molar-refractivity contribution in [2.24, 2.45) is 10.2 Å². The van der Waals surface area contributed by atoms with E-state index < -0.39 is 15.3 Å². The maximum absolute atomic E-state index is 12.9. The fraction of sp³-hybridized carbons (Fsp3) is 0.545. The molecule has 32 heavy (non-hydrogen) atoms. The summed E-state index contributed by atoms with van der Waals surface area (Å²) in [6.07, 6.45) is 1.06. The van der Waals surface area contributed by atoms with Crippen LogP contribution in [0.3, 0.4) is 0 Å². The molecule has 1 unspecified atom stereocenters. The van der Waals surface area contributed by atoms with Gasteiger partial charge in [-0.15, -0.1) is 5.11 Å². The number of anilines is 1. The van der Waals surface area contributed by atoms with Crippen LogP contribution in [0.25, 0.3) is 0 Å². The number of nitrogens with zero attached hydrogens (tertiary/aromatic N) is 5. The summed E-state index contributed by atoms with van der Waals surface area (Å²) in [6.45, 7) is 9.11. The molecule has 1 aliphatic rings. The normalized spacial score (nSPS) is 15.9. The van der Waals surface area contributed by atoms with Gasteiger partial charge in [0.1, 0.15) is 11.1 Å². The van der Waals surface area contributed by atoms with E-state index in [-0.39, 0.29) is 5.82 Å². The monoisotopic (exact) mass is 460 g/mol. The molecule has 9 nitrogen and oxygen atoms in total. The molecule has 1 aliphatic heterocycles. The molecular formula is C22H32N6O3S. The highest BCUT2D eigenvalue weighted by Gasteiger charge is 2.29. The molecule has 1 aromatic carbocycles. The summed E-state index contributed by atoms with van der Waals surface area (Å²) in [7, 11) is -3.61. The average molecular weight is 461 g/mol. The van der Waals surface area contributed by atoms with Crippen LogP contribution in [0.15, 0.2) is 40.6 Å². The van der Waals surface area contributed by atoms with Crippen LogP contribution in [0.1, 0.15) is 48.9 Å². The maximum Gasteiger partial charge on any atom is 0.221 e. The van der Waals surface area contributed by atoms with Crippen molar-refractivity contribution in [3.05, 3.63) is 47.3 Å². The van der Waals surface area contributed by atoms with Gasteiger partial charge >= 0.3 is 0 Å². The van der Waals surface area contributed by atoms with Crippen molar-refractivity contribution in [2.45, 2.75) is 45.4 Å². The van der Waals surface area contributed by atoms with Crippen molar-refractivity contribution in [2.75, 3.05) is 37.7 Å². The van der Waals surface area contributed by atoms with Gasteiger partial charge in [-0.2, -0.15) is 5.11 Å². The highest BCUT2D eigenvalue weighted by Crippen LogP contribution is 2.28. The van der Waals surface area contributed by atoms with Crippen molar-refractivity contribution in [3.8, 4) is 0 Å². The van der Waals surface area contributed by atoms with E-state index in [2.05, 4.69) is 35.9 Å². The Hall–Kier alpha value is -2.43. The summed E-state index contributed by atoms with van der Waals surface area (Å²) in [5, 5.41) is 7.75. The molecule has 2 heterocycles. The Bertz CT molecular complexity index is 1020. The lowest BCUT2D eigenvalue weighted by Gasteiger charge is -2.28. The minimum atomic E-state index is -3.61. The molecule has 1 atom stereocenters. The van der Waals surface area contributed by atoms with E-state index in [4.69, 9.17) is 4.74 Å². The van der Waals surface area contributed by atoms with Crippen LogP contribution in [-0.4, -0.2) is 51.2 Å². The van der Waals surface area contributed by atoms with Gasteiger partial charge in [-0.05, 0) is 25.3 Å². The van der Waals surface area contributed by atoms with Crippen LogP contribution in [0.2, 0.25) is 0 Å². The van der Waals surface area contributed by atoms with Crippen LogP contribution >= 0.6 is 0 Å². The Morgan fingerprint density at radius 1 is 1.19 bits per heavy atom. The number of hydrogen-bond acceptors (Lipinski definition) is 8. The first-order valence-electron chi connectivity index (χ1n) is 11.1. The number of nitrogens with one attached hydrogen (secondary N) is 1. The van der Waals surface area contributed by atoms with Crippen LogP contribution in [0.4, 0.5) is 11.6 Å². The van der Waals surface area contributed by atoms with Crippen molar-refractivity contribution in [1.29, 1.82) is 0 Å². The van der Waals surface area contributed by atoms with Crippen LogP contribution in [0, 0.1) is 6.92 Å². The van der Waals surface area contributed by atoms with Gasteiger partial charge in [0.15, 0.2) is 11.6 Å². The van der Waals surface area contributed by atoms with Crippen molar-refractivity contribution in [3.63, 3.8) is 0 Å². The standard InChI is InChI=1S/C22H32N6O3S/c1-4-9-24-32(29,30)19(5-2)22-25-20(15-21(26-22)28-10-12-31-13-11-28)27-23-16-18-8-6-7-17(3)14-18/h6-8,14-15,19,24H,4-5,9-13,16H2,1-3H3. The first-order valence-corrected chi connectivity index (χ1v) is 12.6. The molecule has 3 rings (SSSR count). The summed E-state index contributed by atoms with van der Waals surface area (Å²) in [4.78, 5) is 11.2. The molecule has 0 aliphatic carbocycles. The third kappa shape index (κ3) is 6.54. The fourth-order valence-corrected chi connectivity index (χ4v) is 4.99. The zero-order valence-electron chi connectivity index (χ0n) is 19.0. The van der Waals surface area contributed by atoms with Gasteiger partial charge in [0, 0.05) is 25.7 Å². The minimum Gasteiger partial charge on any atom is -0.378 e. The molecule has 1 fully saturated rings. The lowest BCUT2D eigenvalue weighted by atomic mass is 10.1. The zero-order valence-corrected chi connectivity index (χ0v) is 19.8. The van der Waals surface area contributed by atoms with Crippen molar-refractivity contribution in [1.82, 2.24) is 14.7 Å². The number of aromatic nitrogens is 2. The molecule has 1 N–H and O–H groups in total. The predicted octanol–water partition coefficient (Wildman–Crippen LogP) is 3.69. The molecule has 0 bridgehead atoms. The molecular weight excluding hydrogens is 428 g/mol. The van der Waals surface area contributed by atoms with Crippen LogP contribution in [-0.2, 0) is 21.3 Å². The predicted molar refractivity (Wildman–Crippen MR) is 125 cm³/mol. The summed E-state index contributed by atoms with van der Waals surface area (Å²) >= 11 is 0. The minimum absolute atomic E-state index is 0.240. The maximum atomic E-state index is 12.9. The zero-order chi connectivity index (χ0) is 23.0. The molecule has 0 spiro atoms. The van der Waals surface area contributed by atoms with E-state index in [1.165, 1.54) is 0 Å². The smallest absolute Gasteiger partial charge is 0.221 e. The van der Waals surface area contributed by atoms with Gasteiger partial charge in [0.2, 0.25) is 10.0 Å². The van der Waals surface area contributed by atoms with E-state index >= 15 is 0 Å². The Morgan fingerprint density at radius 3 is 2.66 bits per heavy atom. The number of morpholine rings is 1. The lowest BCUT2D eigenvalue weighted by Crippen LogP contribution is -2.37. The van der Waals surface area contributed by atoms with E-state index in [1.54, 1.807) is 6.07 Å². The molecule has 1 saturated heterocycles. The Balaban J connectivity index is 1.92. The largest absolute Gasteiger partial charge is 0.378 e. The van der Waals surface area contributed by atoms with Crippen molar-refractivity contribution < 1.29 is 13.2 Å². The Kier molecular flexibility index (Phi) is 8.66. The molecule has 0 amide bonds.